The number of anilines is 1. The molecule has 0 fully saturated rings. The maximum atomic E-state index is 14.2. The molecule has 1 atom stereocenters. The molecule has 2 N–H and O–H groups in total. The van der Waals surface area contributed by atoms with Gasteiger partial charge in [0.2, 0.25) is 0 Å². The lowest BCUT2D eigenvalue weighted by atomic mass is 10.0. The average molecular weight is 286 g/mol. The van der Waals surface area contributed by atoms with E-state index in [2.05, 4.69) is 30.9 Å². The maximum absolute atomic E-state index is 14.2. The van der Waals surface area contributed by atoms with Gasteiger partial charge in [0.25, 0.3) is 0 Å². The summed E-state index contributed by atoms with van der Waals surface area (Å²) in [6, 6.07) is 15.3. The van der Waals surface area contributed by atoms with Gasteiger partial charge in [-0.2, -0.15) is 0 Å². The highest BCUT2D eigenvalue weighted by Crippen LogP contribution is 2.30. The summed E-state index contributed by atoms with van der Waals surface area (Å²) >= 11 is 0. The third-order valence-corrected chi connectivity index (χ3v) is 3.61. The van der Waals surface area contributed by atoms with Crippen LogP contribution in [0.25, 0.3) is 0 Å². The molecule has 2 rings (SSSR count). The van der Waals surface area contributed by atoms with Crippen LogP contribution in [0.2, 0.25) is 0 Å². The largest absolute Gasteiger partial charge is 0.364 e. The number of hydrogen-bond donors (Lipinski definition) is 1. The molecule has 1 unspecified atom stereocenters. The molecule has 0 heterocycles. The molecule has 0 bridgehead atoms. The summed E-state index contributed by atoms with van der Waals surface area (Å²) in [5.74, 6) is -0.235. The molecular formula is C18H23FN2. The summed E-state index contributed by atoms with van der Waals surface area (Å²) < 4.78 is 14.2. The van der Waals surface area contributed by atoms with Crippen LogP contribution < -0.4 is 10.6 Å². The van der Waals surface area contributed by atoms with Gasteiger partial charge in [-0.1, -0.05) is 36.4 Å². The first-order chi connectivity index (χ1) is 10.0. The van der Waals surface area contributed by atoms with Crippen LogP contribution in [-0.2, 0) is 6.54 Å². The van der Waals surface area contributed by atoms with Gasteiger partial charge in [0, 0.05) is 29.9 Å². The fourth-order valence-electron chi connectivity index (χ4n) is 2.55. The van der Waals surface area contributed by atoms with E-state index in [0.29, 0.717) is 5.56 Å². The van der Waals surface area contributed by atoms with E-state index < -0.39 is 0 Å². The molecule has 0 aromatic heterocycles. The minimum absolute atomic E-state index is 0.235. The Morgan fingerprint density at radius 2 is 1.67 bits per heavy atom. The highest BCUT2D eigenvalue weighted by Gasteiger charge is 2.19. The second-order valence-electron chi connectivity index (χ2n) is 5.67. The van der Waals surface area contributed by atoms with Gasteiger partial charge in [-0.05, 0) is 38.5 Å². The van der Waals surface area contributed by atoms with Crippen molar-refractivity contribution in [2.75, 3.05) is 4.90 Å². The van der Waals surface area contributed by atoms with Crippen molar-refractivity contribution in [2.24, 2.45) is 5.73 Å². The molecule has 2 nitrogen and oxygen atoms in total. The molecule has 21 heavy (non-hydrogen) atoms. The first kappa shape index (κ1) is 15.5. The Kier molecular flexibility index (Phi) is 4.97. The molecule has 0 aliphatic carbocycles. The lowest BCUT2D eigenvalue weighted by Gasteiger charge is -2.32. The fraction of sp³-hybridized carbons (Fsp3) is 0.333. The van der Waals surface area contributed by atoms with Gasteiger partial charge in [0.05, 0.1) is 0 Å². The third-order valence-electron chi connectivity index (χ3n) is 3.61. The highest BCUT2D eigenvalue weighted by atomic mass is 19.1. The van der Waals surface area contributed by atoms with E-state index in [1.807, 2.05) is 31.2 Å². The van der Waals surface area contributed by atoms with E-state index in [1.54, 1.807) is 6.07 Å². The van der Waals surface area contributed by atoms with E-state index in [4.69, 9.17) is 5.73 Å². The monoisotopic (exact) mass is 286 g/mol. The quantitative estimate of drug-likeness (QED) is 0.890. The Morgan fingerprint density at radius 3 is 2.24 bits per heavy atom. The molecule has 112 valence electrons. The van der Waals surface area contributed by atoms with Gasteiger partial charge >= 0.3 is 0 Å². The SMILES string of the molecule is CC(N)c1c(F)cccc1N(Cc1ccccc1)C(C)C. The second-order valence-corrected chi connectivity index (χ2v) is 5.67. The zero-order valence-electron chi connectivity index (χ0n) is 12.9. The van der Waals surface area contributed by atoms with Crippen molar-refractivity contribution in [1.29, 1.82) is 0 Å². The van der Waals surface area contributed by atoms with Gasteiger partial charge in [-0.15, -0.1) is 0 Å². The smallest absolute Gasteiger partial charge is 0.130 e. The first-order valence-electron chi connectivity index (χ1n) is 7.35. The Morgan fingerprint density at radius 1 is 1.00 bits per heavy atom. The molecule has 0 amide bonds. The standard InChI is InChI=1S/C18H23FN2/c1-13(2)21(12-15-8-5-4-6-9-15)17-11-7-10-16(19)18(17)14(3)20/h4-11,13-14H,12,20H2,1-3H3. The van der Waals surface area contributed by atoms with Crippen LogP contribution in [0.3, 0.4) is 0 Å². The van der Waals surface area contributed by atoms with E-state index in [-0.39, 0.29) is 17.9 Å². The number of benzene rings is 2. The second kappa shape index (κ2) is 6.72. The third kappa shape index (κ3) is 3.61. The lowest BCUT2D eigenvalue weighted by molar-refractivity contribution is 0.586. The van der Waals surface area contributed by atoms with Gasteiger partial charge in [0.1, 0.15) is 5.82 Å². The van der Waals surface area contributed by atoms with Crippen molar-refractivity contribution in [3.63, 3.8) is 0 Å². The van der Waals surface area contributed by atoms with E-state index in [9.17, 15) is 4.39 Å². The molecule has 0 saturated heterocycles. The molecule has 0 aliphatic rings. The van der Waals surface area contributed by atoms with Crippen LogP contribution in [-0.4, -0.2) is 6.04 Å². The average Bonchev–Trinajstić information content (AvgIpc) is 2.45. The van der Waals surface area contributed by atoms with Crippen molar-refractivity contribution >= 4 is 5.69 Å². The minimum atomic E-state index is -0.335. The normalized spacial score (nSPS) is 12.5. The first-order valence-corrected chi connectivity index (χ1v) is 7.35. The Hall–Kier alpha value is -1.87. The maximum Gasteiger partial charge on any atom is 0.130 e. The van der Waals surface area contributed by atoms with Gasteiger partial charge in [-0.3, -0.25) is 0 Å². The van der Waals surface area contributed by atoms with Crippen LogP contribution in [0.1, 0.15) is 37.9 Å². The Balaban J connectivity index is 2.42. The summed E-state index contributed by atoms with van der Waals surface area (Å²) in [6.45, 7) is 6.78. The Bertz CT molecular complexity index is 579. The molecule has 0 radical (unpaired) electrons. The summed E-state index contributed by atoms with van der Waals surface area (Å²) in [6.07, 6.45) is 0. The predicted molar refractivity (Wildman–Crippen MR) is 86.8 cm³/mol. The molecule has 2 aromatic rings. The lowest BCUT2D eigenvalue weighted by Crippen LogP contribution is -2.32. The topological polar surface area (TPSA) is 29.3 Å². The van der Waals surface area contributed by atoms with Crippen molar-refractivity contribution in [1.82, 2.24) is 0 Å². The highest BCUT2D eigenvalue weighted by molar-refractivity contribution is 5.56. The van der Waals surface area contributed by atoms with Crippen LogP contribution in [0.5, 0.6) is 0 Å². The number of rotatable bonds is 5. The summed E-state index contributed by atoms with van der Waals surface area (Å²) in [4.78, 5) is 2.19. The molecular weight excluding hydrogens is 263 g/mol. The summed E-state index contributed by atoms with van der Waals surface area (Å²) in [5.41, 5.74) is 8.64. The number of nitrogens with two attached hydrogens (primary N) is 1. The minimum Gasteiger partial charge on any atom is -0.364 e. The zero-order chi connectivity index (χ0) is 15.4. The molecule has 0 spiro atoms. The van der Waals surface area contributed by atoms with E-state index in [0.717, 1.165) is 12.2 Å². The molecule has 3 heteroatoms. The predicted octanol–water partition coefficient (Wildman–Crippen LogP) is 4.26. The Labute approximate surface area is 126 Å². The number of nitrogens with zero attached hydrogens (tertiary/aromatic N) is 1. The van der Waals surface area contributed by atoms with Crippen molar-refractivity contribution < 1.29 is 4.39 Å². The molecule has 2 aromatic carbocycles. The van der Waals surface area contributed by atoms with Crippen molar-refractivity contribution in [3.05, 3.63) is 65.5 Å². The van der Waals surface area contributed by atoms with Crippen LogP contribution >= 0.6 is 0 Å². The van der Waals surface area contributed by atoms with Gasteiger partial charge < -0.3 is 10.6 Å². The fourth-order valence-corrected chi connectivity index (χ4v) is 2.55. The van der Waals surface area contributed by atoms with E-state index >= 15 is 0 Å². The van der Waals surface area contributed by atoms with Gasteiger partial charge in [-0.25, -0.2) is 4.39 Å². The van der Waals surface area contributed by atoms with E-state index in [1.165, 1.54) is 11.6 Å². The van der Waals surface area contributed by atoms with Crippen LogP contribution in [0, 0.1) is 5.82 Å². The number of hydrogen-bond acceptors (Lipinski definition) is 2. The van der Waals surface area contributed by atoms with Gasteiger partial charge in [0.15, 0.2) is 0 Å². The zero-order valence-corrected chi connectivity index (χ0v) is 12.9. The molecule has 0 saturated carbocycles. The van der Waals surface area contributed by atoms with Crippen molar-refractivity contribution in [3.8, 4) is 0 Å². The van der Waals surface area contributed by atoms with Crippen molar-refractivity contribution in [2.45, 2.75) is 39.4 Å². The number of halogens is 1. The van der Waals surface area contributed by atoms with Crippen LogP contribution in [0.15, 0.2) is 48.5 Å². The summed E-state index contributed by atoms with van der Waals surface area (Å²) in [7, 11) is 0. The molecule has 0 aliphatic heterocycles. The van der Waals surface area contributed by atoms with Crippen LogP contribution in [0.4, 0.5) is 10.1 Å². The summed E-state index contributed by atoms with van der Waals surface area (Å²) in [5, 5.41) is 0.